The van der Waals surface area contributed by atoms with Crippen molar-refractivity contribution in [1.82, 2.24) is 0 Å². The second kappa shape index (κ2) is 7.45. The maximum absolute atomic E-state index is 12.0. The molecule has 2 aromatic rings. The molecule has 0 fully saturated rings. The first-order valence-corrected chi connectivity index (χ1v) is 8.13. The van der Waals surface area contributed by atoms with E-state index in [1.807, 2.05) is 37.3 Å². The summed E-state index contributed by atoms with van der Waals surface area (Å²) in [6.45, 7) is 6.77. The summed E-state index contributed by atoms with van der Waals surface area (Å²) in [6.07, 6.45) is 0.433. The lowest BCUT2D eigenvalue weighted by Crippen LogP contribution is -2.17. The smallest absolute Gasteiger partial charge is 0.226 e. The highest BCUT2D eigenvalue weighted by atomic mass is 79.9. The Bertz CT molecular complexity index is 683. The van der Waals surface area contributed by atoms with Gasteiger partial charge in [-0.05, 0) is 61.7 Å². The van der Waals surface area contributed by atoms with Crippen LogP contribution in [-0.4, -0.2) is 12.5 Å². The molecule has 0 atom stereocenters. The molecule has 4 heteroatoms. The zero-order valence-corrected chi connectivity index (χ0v) is 14.8. The van der Waals surface area contributed by atoms with Crippen molar-refractivity contribution in [3.05, 3.63) is 57.6 Å². The maximum atomic E-state index is 12.0. The number of aryl methyl sites for hydroxylation is 2. The molecule has 0 aliphatic heterocycles. The average Bonchev–Trinajstić information content (AvgIpc) is 2.46. The van der Waals surface area contributed by atoms with Gasteiger partial charge in [-0.25, -0.2) is 0 Å². The van der Waals surface area contributed by atoms with Crippen LogP contribution in [0.2, 0.25) is 0 Å². The Labute approximate surface area is 140 Å². The van der Waals surface area contributed by atoms with E-state index in [0.29, 0.717) is 13.0 Å². The van der Waals surface area contributed by atoms with Gasteiger partial charge in [-0.1, -0.05) is 28.1 Å². The van der Waals surface area contributed by atoms with Crippen LogP contribution >= 0.6 is 15.9 Å². The largest absolute Gasteiger partial charge is 0.384 e. The molecule has 1 amide bonds. The second-order valence-electron chi connectivity index (χ2n) is 5.43. The average molecular weight is 361 g/mol. The zero-order chi connectivity index (χ0) is 16.1. The Morgan fingerprint density at radius 2 is 1.82 bits per heavy atom. The molecule has 0 bridgehead atoms. The van der Waals surface area contributed by atoms with E-state index in [9.17, 15) is 4.79 Å². The Morgan fingerprint density at radius 3 is 2.55 bits per heavy atom. The van der Waals surface area contributed by atoms with E-state index in [-0.39, 0.29) is 5.91 Å². The van der Waals surface area contributed by atoms with Gasteiger partial charge in [0.2, 0.25) is 5.91 Å². The lowest BCUT2D eigenvalue weighted by Gasteiger charge is -2.12. The molecule has 0 radical (unpaired) electrons. The van der Waals surface area contributed by atoms with Gasteiger partial charge in [-0.2, -0.15) is 0 Å². The SMILES string of the molecule is Cc1cc(Br)ccc1NC(=O)CCNc1cccc(C)c1C. The molecule has 0 saturated carbocycles. The number of halogens is 1. The summed E-state index contributed by atoms with van der Waals surface area (Å²) in [5.74, 6) is 0.0169. The van der Waals surface area contributed by atoms with E-state index in [4.69, 9.17) is 0 Å². The number of rotatable bonds is 5. The topological polar surface area (TPSA) is 41.1 Å². The molecule has 22 heavy (non-hydrogen) atoms. The second-order valence-corrected chi connectivity index (χ2v) is 6.35. The van der Waals surface area contributed by atoms with E-state index in [1.54, 1.807) is 0 Å². The summed E-state index contributed by atoms with van der Waals surface area (Å²) in [5.41, 5.74) is 5.48. The first-order valence-electron chi connectivity index (χ1n) is 7.33. The number of amides is 1. The van der Waals surface area contributed by atoms with E-state index in [2.05, 4.69) is 46.5 Å². The molecule has 2 rings (SSSR count). The fourth-order valence-electron chi connectivity index (χ4n) is 2.23. The summed E-state index contributed by atoms with van der Waals surface area (Å²) in [6, 6.07) is 12.0. The number of carbonyl (C=O) groups is 1. The quantitative estimate of drug-likeness (QED) is 0.802. The highest BCUT2D eigenvalue weighted by Crippen LogP contribution is 2.20. The molecule has 2 N–H and O–H groups in total. The Morgan fingerprint density at radius 1 is 1.05 bits per heavy atom. The first kappa shape index (κ1) is 16.6. The molecular formula is C18H21BrN2O. The van der Waals surface area contributed by atoms with Gasteiger partial charge >= 0.3 is 0 Å². The molecule has 2 aromatic carbocycles. The van der Waals surface area contributed by atoms with E-state index < -0.39 is 0 Å². The molecule has 3 nitrogen and oxygen atoms in total. The van der Waals surface area contributed by atoms with Crippen molar-refractivity contribution in [1.29, 1.82) is 0 Å². The van der Waals surface area contributed by atoms with Gasteiger partial charge in [0.05, 0.1) is 0 Å². The summed E-state index contributed by atoms with van der Waals surface area (Å²) >= 11 is 3.42. The van der Waals surface area contributed by atoms with E-state index >= 15 is 0 Å². The minimum atomic E-state index is 0.0169. The van der Waals surface area contributed by atoms with Crippen molar-refractivity contribution in [2.24, 2.45) is 0 Å². The molecule has 0 saturated heterocycles. The maximum Gasteiger partial charge on any atom is 0.226 e. The lowest BCUT2D eigenvalue weighted by atomic mass is 10.1. The van der Waals surface area contributed by atoms with Crippen LogP contribution in [0.5, 0.6) is 0 Å². The summed E-state index contributed by atoms with van der Waals surface area (Å²) in [7, 11) is 0. The van der Waals surface area contributed by atoms with Crippen LogP contribution in [0.3, 0.4) is 0 Å². The Kier molecular flexibility index (Phi) is 5.61. The number of benzene rings is 2. The molecule has 0 spiro atoms. The van der Waals surface area contributed by atoms with Gasteiger partial charge in [-0.15, -0.1) is 0 Å². The summed E-state index contributed by atoms with van der Waals surface area (Å²) in [4.78, 5) is 12.0. The Balaban J connectivity index is 1.87. The standard InChI is InChI=1S/C18H21BrN2O/c1-12-5-4-6-17(14(12)3)20-10-9-18(22)21-16-8-7-15(19)11-13(16)2/h4-8,11,20H,9-10H2,1-3H3,(H,21,22). The normalized spacial score (nSPS) is 10.4. The zero-order valence-electron chi connectivity index (χ0n) is 13.2. The lowest BCUT2D eigenvalue weighted by molar-refractivity contribution is -0.115. The molecule has 0 aliphatic carbocycles. The molecular weight excluding hydrogens is 340 g/mol. The van der Waals surface area contributed by atoms with Crippen LogP contribution in [0.25, 0.3) is 0 Å². The third-order valence-electron chi connectivity index (χ3n) is 3.73. The van der Waals surface area contributed by atoms with Crippen LogP contribution in [0, 0.1) is 20.8 Å². The Hall–Kier alpha value is -1.81. The highest BCUT2D eigenvalue weighted by molar-refractivity contribution is 9.10. The van der Waals surface area contributed by atoms with Gasteiger partial charge < -0.3 is 10.6 Å². The van der Waals surface area contributed by atoms with Gasteiger partial charge in [0.25, 0.3) is 0 Å². The number of anilines is 2. The van der Waals surface area contributed by atoms with Crippen molar-refractivity contribution in [3.63, 3.8) is 0 Å². The fraction of sp³-hybridized carbons (Fsp3) is 0.278. The van der Waals surface area contributed by atoms with Crippen LogP contribution in [0.15, 0.2) is 40.9 Å². The van der Waals surface area contributed by atoms with E-state index in [0.717, 1.165) is 21.4 Å². The van der Waals surface area contributed by atoms with E-state index in [1.165, 1.54) is 11.1 Å². The van der Waals surface area contributed by atoms with Crippen molar-refractivity contribution in [2.45, 2.75) is 27.2 Å². The summed E-state index contributed by atoms with van der Waals surface area (Å²) < 4.78 is 1.01. The monoisotopic (exact) mass is 360 g/mol. The predicted octanol–water partition coefficient (Wildman–Crippen LogP) is 4.82. The number of hydrogen-bond acceptors (Lipinski definition) is 2. The third-order valence-corrected chi connectivity index (χ3v) is 4.23. The molecule has 0 aliphatic rings. The summed E-state index contributed by atoms with van der Waals surface area (Å²) in [5, 5.41) is 6.28. The van der Waals surface area contributed by atoms with Crippen molar-refractivity contribution >= 4 is 33.2 Å². The van der Waals surface area contributed by atoms with Crippen molar-refractivity contribution in [3.8, 4) is 0 Å². The van der Waals surface area contributed by atoms with Crippen LogP contribution in [-0.2, 0) is 4.79 Å². The van der Waals surface area contributed by atoms with Gasteiger partial charge in [0.1, 0.15) is 0 Å². The third kappa shape index (κ3) is 4.34. The van der Waals surface area contributed by atoms with Gasteiger partial charge in [0.15, 0.2) is 0 Å². The van der Waals surface area contributed by atoms with Gasteiger partial charge in [0, 0.05) is 28.8 Å². The van der Waals surface area contributed by atoms with Crippen molar-refractivity contribution < 1.29 is 4.79 Å². The van der Waals surface area contributed by atoms with Crippen molar-refractivity contribution in [2.75, 3.05) is 17.2 Å². The molecule has 0 unspecified atom stereocenters. The molecule has 0 aromatic heterocycles. The van der Waals surface area contributed by atoms with Crippen LogP contribution < -0.4 is 10.6 Å². The fourth-order valence-corrected chi connectivity index (χ4v) is 2.71. The first-order chi connectivity index (χ1) is 10.5. The number of nitrogens with one attached hydrogen (secondary N) is 2. The molecule has 0 heterocycles. The number of hydrogen-bond donors (Lipinski definition) is 2. The van der Waals surface area contributed by atoms with Crippen LogP contribution in [0.1, 0.15) is 23.1 Å². The van der Waals surface area contributed by atoms with Gasteiger partial charge in [-0.3, -0.25) is 4.79 Å². The minimum absolute atomic E-state index is 0.0169. The van der Waals surface area contributed by atoms with Crippen LogP contribution in [0.4, 0.5) is 11.4 Å². The predicted molar refractivity (Wildman–Crippen MR) is 96.5 cm³/mol. The molecule has 116 valence electrons. The highest BCUT2D eigenvalue weighted by Gasteiger charge is 2.06. The number of carbonyl (C=O) groups excluding carboxylic acids is 1. The minimum Gasteiger partial charge on any atom is -0.384 e.